The molecule has 1 unspecified atom stereocenters. The van der Waals surface area contributed by atoms with Crippen molar-refractivity contribution < 1.29 is 13.2 Å². The molecular weight excluding hydrogens is 350 g/mol. The molecular formula is C19H29N3O3S. The predicted molar refractivity (Wildman–Crippen MR) is 101 cm³/mol. The van der Waals surface area contributed by atoms with Gasteiger partial charge in [-0.15, -0.1) is 0 Å². The summed E-state index contributed by atoms with van der Waals surface area (Å²) < 4.78 is 27.6. The van der Waals surface area contributed by atoms with Gasteiger partial charge in [0.25, 0.3) is 0 Å². The van der Waals surface area contributed by atoms with Gasteiger partial charge in [-0.05, 0) is 50.3 Å². The van der Waals surface area contributed by atoms with Crippen LogP contribution in [-0.2, 0) is 14.8 Å². The van der Waals surface area contributed by atoms with Crippen LogP contribution < -0.4 is 0 Å². The van der Waals surface area contributed by atoms with Gasteiger partial charge in [0.2, 0.25) is 15.9 Å². The highest BCUT2D eigenvalue weighted by Gasteiger charge is 2.45. The second-order valence-electron chi connectivity index (χ2n) is 8.00. The van der Waals surface area contributed by atoms with E-state index in [1.165, 1.54) is 0 Å². The molecule has 2 saturated heterocycles. The molecule has 1 aromatic carbocycles. The lowest BCUT2D eigenvalue weighted by molar-refractivity contribution is -0.130. The maximum Gasteiger partial charge on any atom is 0.243 e. The van der Waals surface area contributed by atoms with E-state index in [2.05, 4.69) is 4.90 Å². The first kappa shape index (κ1) is 19.3. The molecule has 2 fully saturated rings. The molecule has 0 aliphatic carbocycles. The lowest BCUT2D eigenvalue weighted by Crippen LogP contribution is -2.48. The molecule has 2 heterocycles. The Bertz CT molecular complexity index is 761. The van der Waals surface area contributed by atoms with Crippen molar-refractivity contribution in [1.82, 2.24) is 14.1 Å². The fraction of sp³-hybridized carbons (Fsp3) is 0.632. The van der Waals surface area contributed by atoms with E-state index in [1.54, 1.807) is 35.4 Å². The van der Waals surface area contributed by atoms with Crippen molar-refractivity contribution in [2.24, 2.45) is 5.41 Å². The Morgan fingerprint density at radius 3 is 2.46 bits per heavy atom. The van der Waals surface area contributed by atoms with Crippen molar-refractivity contribution in [1.29, 1.82) is 0 Å². The Balaban J connectivity index is 1.70. The van der Waals surface area contributed by atoms with Gasteiger partial charge < -0.3 is 4.90 Å². The molecule has 3 rings (SSSR count). The van der Waals surface area contributed by atoms with Gasteiger partial charge in [-0.3, -0.25) is 9.69 Å². The first-order chi connectivity index (χ1) is 12.2. The topological polar surface area (TPSA) is 60.9 Å². The van der Waals surface area contributed by atoms with Crippen LogP contribution in [0.15, 0.2) is 29.2 Å². The molecule has 0 aromatic heterocycles. The molecule has 1 atom stereocenters. The van der Waals surface area contributed by atoms with Crippen LogP contribution in [0.4, 0.5) is 0 Å². The van der Waals surface area contributed by atoms with Crippen molar-refractivity contribution in [3.8, 4) is 0 Å². The second kappa shape index (κ2) is 7.29. The van der Waals surface area contributed by atoms with Gasteiger partial charge in [-0.2, -0.15) is 4.31 Å². The molecule has 6 nitrogen and oxygen atoms in total. The second-order valence-corrected chi connectivity index (χ2v) is 9.94. The average molecular weight is 380 g/mol. The van der Waals surface area contributed by atoms with Gasteiger partial charge in [0.1, 0.15) is 0 Å². The highest BCUT2D eigenvalue weighted by molar-refractivity contribution is 7.89. The number of sulfonamides is 1. The quantitative estimate of drug-likeness (QED) is 0.797. The van der Waals surface area contributed by atoms with Crippen LogP contribution in [0.3, 0.4) is 0 Å². The number of carbonyl (C=O) groups is 1. The standard InChI is InChI=1S/C19H29N3O3S/c1-16-5-7-17(8-6-16)26(24,25)22-12-10-19(15-22)9-4-11-21(14-19)13-18(23)20(2)3/h5-8H,4,9-15H2,1-3H3. The number of nitrogens with zero attached hydrogens (tertiary/aromatic N) is 3. The number of aryl methyl sites for hydroxylation is 1. The summed E-state index contributed by atoms with van der Waals surface area (Å²) in [5, 5.41) is 0. The van der Waals surface area contributed by atoms with Crippen LogP contribution in [0.5, 0.6) is 0 Å². The van der Waals surface area contributed by atoms with Gasteiger partial charge in [0.05, 0.1) is 11.4 Å². The van der Waals surface area contributed by atoms with Crippen LogP contribution in [0.2, 0.25) is 0 Å². The van der Waals surface area contributed by atoms with Gasteiger partial charge in [0, 0.05) is 33.7 Å². The highest BCUT2D eigenvalue weighted by Crippen LogP contribution is 2.40. The number of carbonyl (C=O) groups excluding carboxylic acids is 1. The number of rotatable bonds is 4. The molecule has 0 radical (unpaired) electrons. The van der Waals surface area contributed by atoms with E-state index in [-0.39, 0.29) is 11.3 Å². The number of hydrogen-bond acceptors (Lipinski definition) is 4. The van der Waals surface area contributed by atoms with Gasteiger partial charge in [0.15, 0.2) is 0 Å². The third kappa shape index (κ3) is 3.94. The van der Waals surface area contributed by atoms with Gasteiger partial charge >= 0.3 is 0 Å². The Morgan fingerprint density at radius 2 is 1.81 bits per heavy atom. The molecule has 1 amide bonds. The van der Waals surface area contributed by atoms with E-state index < -0.39 is 10.0 Å². The van der Waals surface area contributed by atoms with Crippen molar-refractivity contribution in [3.63, 3.8) is 0 Å². The number of amides is 1. The van der Waals surface area contributed by atoms with Crippen molar-refractivity contribution >= 4 is 15.9 Å². The lowest BCUT2D eigenvalue weighted by atomic mass is 9.79. The largest absolute Gasteiger partial charge is 0.348 e. The van der Waals surface area contributed by atoms with E-state index in [0.29, 0.717) is 24.5 Å². The number of hydrogen-bond donors (Lipinski definition) is 0. The van der Waals surface area contributed by atoms with Crippen LogP contribution in [0.1, 0.15) is 24.8 Å². The molecule has 2 aliphatic heterocycles. The first-order valence-corrected chi connectivity index (χ1v) is 10.7. The van der Waals surface area contributed by atoms with E-state index >= 15 is 0 Å². The smallest absolute Gasteiger partial charge is 0.243 e. The summed E-state index contributed by atoms with van der Waals surface area (Å²) in [6.45, 7) is 5.19. The zero-order valence-corrected chi connectivity index (χ0v) is 16.8. The molecule has 26 heavy (non-hydrogen) atoms. The van der Waals surface area contributed by atoms with E-state index in [1.807, 2.05) is 19.1 Å². The van der Waals surface area contributed by atoms with Crippen molar-refractivity contribution in [2.75, 3.05) is 46.8 Å². The molecule has 144 valence electrons. The molecule has 7 heteroatoms. The molecule has 0 N–H and O–H groups in total. The Kier molecular flexibility index (Phi) is 5.42. The molecule has 1 aromatic rings. The fourth-order valence-corrected chi connectivity index (χ4v) is 5.62. The van der Waals surface area contributed by atoms with Crippen LogP contribution >= 0.6 is 0 Å². The minimum Gasteiger partial charge on any atom is -0.348 e. The van der Waals surface area contributed by atoms with Crippen LogP contribution in [-0.4, -0.2) is 75.2 Å². The zero-order chi connectivity index (χ0) is 18.9. The Labute approximate surface area is 156 Å². The van der Waals surface area contributed by atoms with E-state index in [4.69, 9.17) is 0 Å². The van der Waals surface area contributed by atoms with Gasteiger partial charge in [-0.1, -0.05) is 17.7 Å². The number of benzene rings is 1. The van der Waals surface area contributed by atoms with E-state index in [9.17, 15) is 13.2 Å². The molecule has 1 spiro atoms. The molecule has 0 bridgehead atoms. The summed E-state index contributed by atoms with van der Waals surface area (Å²) in [6, 6.07) is 7.07. The first-order valence-electron chi connectivity index (χ1n) is 9.21. The van der Waals surface area contributed by atoms with E-state index in [0.717, 1.165) is 37.9 Å². The fourth-order valence-electron chi connectivity index (χ4n) is 4.07. The zero-order valence-electron chi connectivity index (χ0n) is 15.9. The summed E-state index contributed by atoms with van der Waals surface area (Å²) in [5.41, 5.74) is 1.03. The third-order valence-electron chi connectivity index (χ3n) is 5.66. The van der Waals surface area contributed by atoms with Crippen LogP contribution in [0, 0.1) is 12.3 Å². The number of piperidine rings is 1. The minimum absolute atomic E-state index is 0.0252. The molecule has 0 saturated carbocycles. The molecule has 2 aliphatic rings. The SMILES string of the molecule is Cc1ccc(S(=O)(=O)N2CCC3(CCCN(CC(=O)N(C)C)C3)C2)cc1. The summed E-state index contributed by atoms with van der Waals surface area (Å²) in [4.78, 5) is 16.2. The lowest BCUT2D eigenvalue weighted by Gasteiger charge is -2.40. The monoisotopic (exact) mass is 379 g/mol. The van der Waals surface area contributed by atoms with Crippen molar-refractivity contribution in [2.45, 2.75) is 31.1 Å². The summed E-state index contributed by atoms with van der Waals surface area (Å²) >= 11 is 0. The minimum atomic E-state index is -3.45. The maximum absolute atomic E-state index is 13.0. The normalized spacial score (nSPS) is 24.9. The highest BCUT2D eigenvalue weighted by atomic mass is 32.2. The summed E-state index contributed by atoms with van der Waals surface area (Å²) in [7, 11) is 0.0975. The van der Waals surface area contributed by atoms with Crippen molar-refractivity contribution in [3.05, 3.63) is 29.8 Å². The van der Waals surface area contributed by atoms with Crippen LogP contribution in [0.25, 0.3) is 0 Å². The number of likely N-dealkylation sites (N-methyl/N-ethyl adjacent to an activating group) is 1. The summed E-state index contributed by atoms with van der Waals surface area (Å²) in [6.07, 6.45) is 2.91. The number of likely N-dealkylation sites (tertiary alicyclic amines) is 1. The average Bonchev–Trinajstić information content (AvgIpc) is 2.99. The summed E-state index contributed by atoms with van der Waals surface area (Å²) in [5.74, 6) is 0.101. The Hall–Kier alpha value is -1.44. The predicted octanol–water partition coefficient (Wildman–Crippen LogP) is 1.56. The third-order valence-corrected chi connectivity index (χ3v) is 7.52. The Morgan fingerprint density at radius 1 is 1.12 bits per heavy atom. The maximum atomic E-state index is 13.0. The van der Waals surface area contributed by atoms with Gasteiger partial charge in [-0.25, -0.2) is 8.42 Å².